The Morgan fingerprint density at radius 2 is 2.13 bits per heavy atom. The van der Waals surface area contributed by atoms with E-state index < -0.39 is 0 Å². The van der Waals surface area contributed by atoms with Crippen molar-refractivity contribution >= 4 is 11.6 Å². The third kappa shape index (κ3) is 2.51. The van der Waals surface area contributed by atoms with Gasteiger partial charge in [0.15, 0.2) is 0 Å². The van der Waals surface area contributed by atoms with Crippen molar-refractivity contribution in [3.8, 4) is 0 Å². The number of hydrogen-bond acceptors (Lipinski definition) is 2. The van der Waals surface area contributed by atoms with Gasteiger partial charge in [-0.15, -0.1) is 0 Å². The van der Waals surface area contributed by atoms with Crippen molar-refractivity contribution in [2.45, 2.75) is 12.5 Å². The summed E-state index contributed by atoms with van der Waals surface area (Å²) in [4.78, 5) is 0. The van der Waals surface area contributed by atoms with E-state index in [1.165, 1.54) is 5.56 Å². The van der Waals surface area contributed by atoms with E-state index in [9.17, 15) is 0 Å². The van der Waals surface area contributed by atoms with E-state index in [1.54, 1.807) is 0 Å². The van der Waals surface area contributed by atoms with E-state index in [-0.39, 0.29) is 0 Å². The molecular formula is C12H16ClNO. The third-order valence-electron chi connectivity index (χ3n) is 2.98. The fraction of sp³-hybridized carbons (Fsp3) is 0.500. The van der Waals surface area contributed by atoms with E-state index in [4.69, 9.17) is 16.3 Å². The van der Waals surface area contributed by atoms with E-state index in [0.717, 1.165) is 24.7 Å². The van der Waals surface area contributed by atoms with Crippen LogP contribution in [0.3, 0.4) is 0 Å². The molecule has 15 heavy (non-hydrogen) atoms. The summed E-state index contributed by atoms with van der Waals surface area (Å²) < 4.78 is 5.42. The molecule has 0 saturated carbocycles. The summed E-state index contributed by atoms with van der Waals surface area (Å²) in [6, 6.07) is 8.43. The van der Waals surface area contributed by atoms with Gasteiger partial charge in [-0.2, -0.15) is 0 Å². The molecule has 2 rings (SSSR count). The summed E-state index contributed by atoms with van der Waals surface area (Å²) in [5.41, 5.74) is 1.29. The van der Waals surface area contributed by atoms with Gasteiger partial charge in [-0.1, -0.05) is 23.7 Å². The summed E-state index contributed by atoms with van der Waals surface area (Å²) in [5, 5.41) is 4.14. The van der Waals surface area contributed by atoms with Crippen molar-refractivity contribution in [2.24, 2.45) is 5.92 Å². The molecule has 1 aromatic rings. The molecule has 0 spiro atoms. The first-order valence-corrected chi connectivity index (χ1v) is 5.69. The molecule has 1 heterocycles. The molecular weight excluding hydrogens is 210 g/mol. The van der Waals surface area contributed by atoms with Crippen LogP contribution in [0.25, 0.3) is 0 Å². The number of benzene rings is 1. The van der Waals surface area contributed by atoms with Crippen LogP contribution in [0, 0.1) is 5.92 Å². The molecule has 2 nitrogen and oxygen atoms in total. The predicted molar refractivity (Wildman–Crippen MR) is 62.2 cm³/mol. The second-order valence-corrected chi connectivity index (χ2v) is 4.38. The minimum Gasteiger partial charge on any atom is -0.381 e. The van der Waals surface area contributed by atoms with Gasteiger partial charge in [-0.05, 0) is 31.2 Å². The van der Waals surface area contributed by atoms with Crippen molar-refractivity contribution in [3.05, 3.63) is 34.9 Å². The molecule has 1 aromatic carbocycles. The highest BCUT2D eigenvalue weighted by molar-refractivity contribution is 6.30. The zero-order valence-electron chi connectivity index (χ0n) is 8.87. The number of nitrogens with one attached hydrogen (secondary N) is 1. The lowest BCUT2D eigenvalue weighted by molar-refractivity contribution is 0.178. The normalized spacial score (nSPS) is 22.9. The van der Waals surface area contributed by atoms with E-state index in [0.29, 0.717) is 12.0 Å². The van der Waals surface area contributed by atoms with Gasteiger partial charge in [0, 0.05) is 23.6 Å². The van der Waals surface area contributed by atoms with Gasteiger partial charge in [0.05, 0.1) is 6.61 Å². The van der Waals surface area contributed by atoms with Crippen LogP contribution < -0.4 is 5.32 Å². The van der Waals surface area contributed by atoms with Crippen LogP contribution in [-0.4, -0.2) is 20.3 Å². The Balaban J connectivity index is 2.14. The number of ether oxygens (including phenoxy) is 1. The molecule has 0 aliphatic carbocycles. The molecule has 1 saturated heterocycles. The van der Waals surface area contributed by atoms with E-state index >= 15 is 0 Å². The summed E-state index contributed by atoms with van der Waals surface area (Å²) in [6.45, 7) is 1.74. The van der Waals surface area contributed by atoms with Gasteiger partial charge >= 0.3 is 0 Å². The Labute approximate surface area is 95.6 Å². The van der Waals surface area contributed by atoms with Crippen LogP contribution in [0.5, 0.6) is 0 Å². The second-order valence-electron chi connectivity index (χ2n) is 3.94. The van der Waals surface area contributed by atoms with Gasteiger partial charge in [0.1, 0.15) is 0 Å². The summed E-state index contributed by atoms with van der Waals surface area (Å²) >= 11 is 5.87. The average molecular weight is 226 g/mol. The molecule has 1 aliphatic heterocycles. The zero-order chi connectivity index (χ0) is 10.7. The highest BCUT2D eigenvalue weighted by atomic mass is 35.5. The number of hydrogen-bond donors (Lipinski definition) is 1. The van der Waals surface area contributed by atoms with Gasteiger partial charge in [0.25, 0.3) is 0 Å². The van der Waals surface area contributed by atoms with Crippen molar-refractivity contribution in [2.75, 3.05) is 20.3 Å². The summed E-state index contributed by atoms with van der Waals surface area (Å²) in [6.07, 6.45) is 1.13. The smallest absolute Gasteiger partial charge is 0.0513 e. The predicted octanol–water partition coefficient (Wildman–Crippen LogP) is 2.64. The average Bonchev–Trinajstić information content (AvgIpc) is 2.75. The number of rotatable bonds is 3. The van der Waals surface area contributed by atoms with Crippen LogP contribution in [-0.2, 0) is 4.74 Å². The molecule has 82 valence electrons. The van der Waals surface area contributed by atoms with Gasteiger partial charge in [0.2, 0.25) is 0 Å². The highest BCUT2D eigenvalue weighted by Crippen LogP contribution is 2.28. The molecule has 2 unspecified atom stereocenters. The standard InChI is InChI=1S/C12H16ClNO/c1-14-12(10-6-7-15-8-10)9-2-4-11(13)5-3-9/h2-5,10,12,14H,6-8H2,1H3. The Hall–Kier alpha value is -0.570. The summed E-state index contributed by atoms with van der Waals surface area (Å²) in [7, 11) is 2.00. The molecule has 1 N–H and O–H groups in total. The minimum atomic E-state index is 0.379. The first kappa shape index (κ1) is 10.9. The molecule has 3 heteroatoms. The molecule has 1 aliphatic rings. The SMILES string of the molecule is CNC(c1ccc(Cl)cc1)C1CCOC1. The maximum Gasteiger partial charge on any atom is 0.0513 e. The van der Waals surface area contributed by atoms with Crippen LogP contribution in [0.4, 0.5) is 0 Å². The summed E-state index contributed by atoms with van der Waals surface area (Å²) in [5.74, 6) is 0.580. The van der Waals surface area contributed by atoms with Crippen LogP contribution in [0.2, 0.25) is 5.02 Å². The molecule has 0 bridgehead atoms. The molecule has 0 radical (unpaired) electrons. The fourth-order valence-corrected chi connectivity index (χ4v) is 2.29. The lowest BCUT2D eigenvalue weighted by Crippen LogP contribution is -2.25. The first-order chi connectivity index (χ1) is 7.31. The Bertz CT molecular complexity index is 306. The van der Waals surface area contributed by atoms with Crippen LogP contribution in [0.15, 0.2) is 24.3 Å². The molecule has 2 atom stereocenters. The maximum atomic E-state index is 5.87. The van der Waals surface area contributed by atoms with Gasteiger partial charge < -0.3 is 10.1 Å². The molecule has 0 aromatic heterocycles. The van der Waals surface area contributed by atoms with Crippen LogP contribution in [0.1, 0.15) is 18.0 Å². The van der Waals surface area contributed by atoms with E-state index in [2.05, 4.69) is 17.4 Å². The van der Waals surface area contributed by atoms with Crippen LogP contribution >= 0.6 is 11.6 Å². The van der Waals surface area contributed by atoms with E-state index in [1.807, 2.05) is 19.2 Å². The molecule has 1 fully saturated rings. The second kappa shape index (κ2) is 4.97. The largest absolute Gasteiger partial charge is 0.381 e. The number of halogens is 1. The quantitative estimate of drug-likeness (QED) is 0.854. The van der Waals surface area contributed by atoms with Gasteiger partial charge in [-0.25, -0.2) is 0 Å². The zero-order valence-corrected chi connectivity index (χ0v) is 9.63. The first-order valence-electron chi connectivity index (χ1n) is 5.31. The van der Waals surface area contributed by atoms with Crippen molar-refractivity contribution in [3.63, 3.8) is 0 Å². The molecule has 0 amide bonds. The maximum absolute atomic E-state index is 5.87. The lowest BCUT2D eigenvalue weighted by atomic mass is 9.92. The minimum absolute atomic E-state index is 0.379. The fourth-order valence-electron chi connectivity index (χ4n) is 2.16. The Morgan fingerprint density at radius 3 is 2.67 bits per heavy atom. The highest BCUT2D eigenvalue weighted by Gasteiger charge is 2.25. The Kier molecular flexibility index (Phi) is 3.62. The van der Waals surface area contributed by atoms with Gasteiger partial charge in [-0.3, -0.25) is 0 Å². The van der Waals surface area contributed by atoms with Crippen molar-refractivity contribution in [1.82, 2.24) is 5.32 Å². The van der Waals surface area contributed by atoms with Crippen molar-refractivity contribution in [1.29, 1.82) is 0 Å². The van der Waals surface area contributed by atoms with Crippen molar-refractivity contribution < 1.29 is 4.74 Å². The Morgan fingerprint density at radius 1 is 1.40 bits per heavy atom. The third-order valence-corrected chi connectivity index (χ3v) is 3.23. The monoisotopic (exact) mass is 225 g/mol. The lowest BCUT2D eigenvalue weighted by Gasteiger charge is -2.22. The topological polar surface area (TPSA) is 21.3 Å².